The van der Waals surface area contributed by atoms with E-state index in [-0.39, 0.29) is 6.03 Å². The minimum atomic E-state index is -0.328. The normalized spacial score (nSPS) is 9.62. The van der Waals surface area contributed by atoms with Crippen molar-refractivity contribution >= 4 is 11.8 Å². The number of methoxy groups -OCH3 is 1. The number of ether oxygens (including phenoxy) is 1. The van der Waals surface area contributed by atoms with E-state index in [0.29, 0.717) is 19.0 Å². The SMILES string of the molecule is COCCNC(=O)Nc1cn[nH]n1. The standard InChI is InChI=1S/C6H11N5O2/c1-13-3-2-7-6(12)9-5-4-8-11-10-5/h4H,2-3H2,1H3,(H3,7,8,9,10,11,12). The van der Waals surface area contributed by atoms with E-state index in [0.717, 1.165) is 0 Å². The predicted octanol–water partition coefficient (Wildman–Crippen LogP) is -0.427. The average Bonchev–Trinajstić information content (AvgIpc) is 2.57. The molecule has 0 atom stereocenters. The highest BCUT2D eigenvalue weighted by molar-refractivity contribution is 5.87. The molecule has 0 unspecified atom stereocenters. The molecule has 0 aromatic carbocycles. The van der Waals surface area contributed by atoms with E-state index in [4.69, 9.17) is 4.74 Å². The Hall–Kier alpha value is -1.63. The van der Waals surface area contributed by atoms with Crippen molar-refractivity contribution in [3.63, 3.8) is 0 Å². The van der Waals surface area contributed by atoms with Gasteiger partial charge in [0.1, 0.15) is 0 Å². The maximum absolute atomic E-state index is 11.0. The molecule has 0 radical (unpaired) electrons. The molecular weight excluding hydrogens is 174 g/mol. The van der Waals surface area contributed by atoms with Crippen LogP contribution in [0.2, 0.25) is 0 Å². The van der Waals surface area contributed by atoms with Crippen LogP contribution < -0.4 is 10.6 Å². The van der Waals surface area contributed by atoms with Crippen molar-refractivity contribution in [3.8, 4) is 0 Å². The van der Waals surface area contributed by atoms with E-state index >= 15 is 0 Å². The Kier molecular flexibility index (Phi) is 3.71. The lowest BCUT2D eigenvalue weighted by Gasteiger charge is -2.03. The van der Waals surface area contributed by atoms with E-state index in [1.54, 1.807) is 7.11 Å². The van der Waals surface area contributed by atoms with Gasteiger partial charge in [0, 0.05) is 13.7 Å². The van der Waals surface area contributed by atoms with Crippen LogP contribution in [0.15, 0.2) is 6.20 Å². The van der Waals surface area contributed by atoms with Crippen LogP contribution in [0.25, 0.3) is 0 Å². The van der Waals surface area contributed by atoms with Gasteiger partial charge < -0.3 is 10.1 Å². The molecule has 0 spiro atoms. The Balaban J connectivity index is 2.18. The van der Waals surface area contributed by atoms with Crippen molar-refractivity contribution in [2.24, 2.45) is 0 Å². The van der Waals surface area contributed by atoms with Crippen molar-refractivity contribution in [2.45, 2.75) is 0 Å². The monoisotopic (exact) mass is 185 g/mol. The molecule has 0 saturated carbocycles. The Morgan fingerprint density at radius 2 is 2.62 bits per heavy atom. The van der Waals surface area contributed by atoms with E-state index in [1.807, 2.05) is 0 Å². The number of nitrogens with zero attached hydrogens (tertiary/aromatic N) is 2. The highest BCUT2D eigenvalue weighted by atomic mass is 16.5. The van der Waals surface area contributed by atoms with Crippen LogP contribution in [-0.4, -0.2) is 41.7 Å². The molecule has 1 rings (SSSR count). The van der Waals surface area contributed by atoms with E-state index in [9.17, 15) is 4.79 Å². The molecule has 3 N–H and O–H groups in total. The molecule has 72 valence electrons. The Bertz CT molecular complexity index is 248. The zero-order chi connectivity index (χ0) is 9.52. The van der Waals surface area contributed by atoms with Crippen LogP contribution in [-0.2, 0) is 4.74 Å². The second-order valence-electron chi connectivity index (χ2n) is 2.23. The molecular formula is C6H11N5O2. The minimum absolute atomic E-state index is 0.328. The number of carbonyl (C=O) groups excluding carboxylic acids is 1. The summed E-state index contributed by atoms with van der Waals surface area (Å²) in [5, 5.41) is 14.6. The van der Waals surface area contributed by atoms with Crippen molar-refractivity contribution in [3.05, 3.63) is 6.20 Å². The van der Waals surface area contributed by atoms with Gasteiger partial charge in [-0.15, -0.1) is 5.10 Å². The summed E-state index contributed by atoms with van der Waals surface area (Å²) in [7, 11) is 1.57. The van der Waals surface area contributed by atoms with Crippen molar-refractivity contribution < 1.29 is 9.53 Å². The number of hydrogen-bond donors (Lipinski definition) is 3. The number of aromatic amines is 1. The zero-order valence-corrected chi connectivity index (χ0v) is 7.20. The molecule has 1 aromatic heterocycles. The van der Waals surface area contributed by atoms with Gasteiger partial charge in [-0.3, -0.25) is 5.32 Å². The van der Waals surface area contributed by atoms with Crippen LogP contribution >= 0.6 is 0 Å². The maximum atomic E-state index is 11.0. The molecule has 7 heteroatoms. The summed E-state index contributed by atoms with van der Waals surface area (Å²) in [6.45, 7) is 0.937. The second kappa shape index (κ2) is 5.09. The predicted molar refractivity (Wildman–Crippen MR) is 45.3 cm³/mol. The number of amides is 2. The van der Waals surface area contributed by atoms with Crippen molar-refractivity contribution in [1.29, 1.82) is 0 Å². The van der Waals surface area contributed by atoms with E-state index in [2.05, 4.69) is 26.0 Å². The summed E-state index contributed by atoms with van der Waals surface area (Å²) in [5.74, 6) is 0.384. The fourth-order valence-corrected chi connectivity index (χ4v) is 0.689. The van der Waals surface area contributed by atoms with E-state index in [1.165, 1.54) is 6.20 Å². The van der Waals surface area contributed by atoms with Gasteiger partial charge in [-0.25, -0.2) is 4.79 Å². The molecule has 7 nitrogen and oxygen atoms in total. The Morgan fingerprint density at radius 1 is 1.77 bits per heavy atom. The van der Waals surface area contributed by atoms with E-state index < -0.39 is 0 Å². The first-order valence-electron chi connectivity index (χ1n) is 3.72. The van der Waals surface area contributed by atoms with Gasteiger partial charge in [0.05, 0.1) is 12.8 Å². The molecule has 0 bridgehead atoms. The van der Waals surface area contributed by atoms with Gasteiger partial charge in [-0.2, -0.15) is 10.3 Å². The van der Waals surface area contributed by atoms with Crippen molar-refractivity contribution in [2.75, 3.05) is 25.6 Å². The third kappa shape index (κ3) is 3.52. The second-order valence-corrected chi connectivity index (χ2v) is 2.23. The Morgan fingerprint density at radius 3 is 3.23 bits per heavy atom. The summed E-state index contributed by atoms with van der Waals surface area (Å²) < 4.78 is 4.75. The smallest absolute Gasteiger partial charge is 0.320 e. The number of H-pyrrole nitrogens is 1. The number of hydrogen-bond acceptors (Lipinski definition) is 4. The fourth-order valence-electron chi connectivity index (χ4n) is 0.689. The molecule has 0 aliphatic rings. The van der Waals surface area contributed by atoms with Gasteiger partial charge in [0.2, 0.25) is 0 Å². The number of anilines is 1. The topological polar surface area (TPSA) is 91.9 Å². The minimum Gasteiger partial charge on any atom is -0.383 e. The lowest BCUT2D eigenvalue weighted by molar-refractivity contribution is 0.198. The number of carbonyl (C=O) groups is 1. The van der Waals surface area contributed by atoms with Crippen LogP contribution in [0.4, 0.5) is 10.6 Å². The molecule has 13 heavy (non-hydrogen) atoms. The fraction of sp³-hybridized carbons (Fsp3) is 0.500. The molecule has 0 fully saturated rings. The number of rotatable bonds is 4. The average molecular weight is 185 g/mol. The maximum Gasteiger partial charge on any atom is 0.320 e. The highest BCUT2D eigenvalue weighted by Crippen LogP contribution is 1.93. The zero-order valence-electron chi connectivity index (χ0n) is 7.20. The van der Waals surface area contributed by atoms with Crippen LogP contribution in [0.5, 0.6) is 0 Å². The first kappa shape index (κ1) is 9.46. The number of nitrogens with one attached hydrogen (secondary N) is 3. The quantitative estimate of drug-likeness (QED) is 0.555. The molecule has 2 amide bonds. The summed E-state index contributed by atoms with van der Waals surface area (Å²) >= 11 is 0. The van der Waals surface area contributed by atoms with Gasteiger partial charge >= 0.3 is 6.03 Å². The summed E-state index contributed by atoms with van der Waals surface area (Å²) in [6.07, 6.45) is 1.41. The number of urea groups is 1. The largest absolute Gasteiger partial charge is 0.383 e. The van der Waals surface area contributed by atoms with Crippen LogP contribution in [0, 0.1) is 0 Å². The summed E-state index contributed by atoms with van der Waals surface area (Å²) in [4.78, 5) is 11.0. The Labute approximate surface area is 74.9 Å². The summed E-state index contributed by atoms with van der Waals surface area (Å²) in [6, 6.07) is -0.328. The number of aromatic nitrogens is 3. The molecule has 0 saturated heterocycles. The van der Waals surface area contributed by atoms with Crippen LogP contribution in [0.1, 0.15) is 0 Å². The van der Waals surface area contributed by atoms with Gasteiger partial charge in [-0.05, 0) is 0 Å². The third-order valence-corrected chi connectivity index (χ3v) is 1.25. The lowest BCUT2D eigenvalue weighted by atomic mass is 10.6. The first-order chi connectivity index (χ1) is 6.33. The first-order valence-corrected chi connectivity index (χ1v) is 3.72. The molecule has 0 aliphatic heterocycles. The molecule has 0 aliphatic carbocycles. The van der Waals surface area contributed by atoms with Crippen molar-refractivity contribution in [1.82, 2.24) is 20.7 Å². The molecule has 1 heterocycles. The lowest BCUT2D eigenvalue weighted by Crippen LogP contribution is -2.31. The molecule has 1 aromatic rings. The third-order valence-electron chi connectivity index (χ3n) is 1.25. The van der Waals surface area contributed by atoms with Crippen LogP contribution in [0.3, 0.4) is 0 Å². The van der Waals surface area contributed by atoms with Gasteiger partial charge in [0.15, 0.2) is 5.82 Å². The summed E-state index contributed by atoms with van der Waals surface area (Å²) in [5.41, 5.74) is 0. The van der Waals surface area contributed by atoms with Gasteiger partial charge in [0.25, 0.3) is 0 Å². The highest BCUT2D eigenvalue weighted by Gasteiger charge is 2.01. The van der Waals surface area contributed by atoms with Gasteiger partial charge in [-0.1, -0.05) is 0 Å².